The van der Waals surface area contributed by atoms with Crippen molar-refractivity contribution in [3.63, 3.8) is 0 Å². The van der Waals surface area contributed by atoms with Crippen molar-refractivity contribution in [1.29, 1.82) is 0 Å². The highest BCUT2D eigenvalue weighted by Crippen LogP contribution is 2.30. The van der Waals surface area contributed by atoms with Crippen LogP contribution >= 0.6 is 0 Å². The molecule has 100 valence electrons. The van der Waals surface area contributed by atoms with E-state index in [0.29, 0.717) is 6.04 Å². The number of hydrogen-bond donors (Lipinski definition) is 1. The van der Waals surface area contributed by atoms with Gasteiger partial charge in [-0.1, -0.05) is 27.2 Å². The Morgan fingerprint density at radius 1 is 1.29 bits per heavy atom. The Kier molecular flexibility index (Phi) is 5.44. The molecule has 3 heteroatoms. The minimum absolute atomic E-state index is 0.168. The van der Waals surface area contributed by atoms with E-state index < -0.39 is 5.97 Å². The van der Waals surface area contributed by atoms with Gasteiger partial charge in [-0.25, -0.2) is 0 Å². The van der Waals surface area contributed by atoms with Crippen molar-refractivity contribution in [1.82, 2.24) is 4.90 Å². The van der Waals surface area contributed by atoms with Crippen LogP contribution in [0.1, 0.15) is 52.9 Å². The van der Waals surface area contributed by atoms with Crippen LogP contribution in [0.3, 0.4) is 0 Å². The average molecular weight is 241 g/mol. The molecule has 1 aliphatic rings. The molecule has 0 spiro atoms. The van der Waals surface area contributed by atoms with Gasteiger partial charge in [0, 0.05) is 6.04 Å². The lowest BCUT2D eigenvalue weighted by molar-refractivity contribution is -0.145. The molecule has 0 amide bonds. The Bertz CT molecular complexity index is 245. The first-order valence-corrected chi connectivity index (χ1v) is 6.92. The molecule has 0 aromatic rings. The molecule has 3 nitrogen and oxygen atoms in total. The summed E-state index contributed by atoms with van der Waals surface area (Å²) >= 11 is 0. The van der Waals surface area contributed by atoms with Crippen LogP contribution in [0.15, 0.2) is 0 Å². The summed E-state index contributed by atoms with van der Waals surface area (Å²) < 4.78 is 0. The fourth-order valence-corrected chi connectivity index (χ4v) is 3.12. The molecular weight excluding hydrogens is 214 g/mol. The quantitative estimate of drug-likeness (QED) is 0.804. The van der Waals surface area contributed by atoms with Gasteiger partial charge in [0.05, 0.1) is 0 Å². The highest BCUT2D eigenvalue weighted by atomic mass is 16.4. The number of carboxylic acids is 1. The zero-order chi connectivity index (χ0) is 13.0. The first-order chi connectivity index (χ1) is 7.97. The first-order valence-electron chi connectivity index (χ1n) is 6.92. The molecule has 1 atom stereocenters. The molecule has 1 saturated carbocycles. The molecule has 0 heterocycles. The monoisotopic (exact) mass is 241 g/mol. The van der Waals surface area contributed by atoms with Crippen LogP contribution < -0.4 is 0 Å². The van der Waals surface area contributed by atoms with Crippen LogP contribution in [0.4, 0.5) is 0 Å². The summed E-state index contributed by atoms with van der Waals surface area (Å²) in [7, 11) is 1.98. The third kappa shape index (κ3) is 3.70. The summed E-state index contributed by atoms with van der Waals surface area (Å²) in [6.45, 7) is 6.24. The van der Waals surface area contributed by atoms with Crippen molar-refractivity contribution in [3.05, 3.63) is 0 Å². The fraction of sp³-hybridized carbons (Fsp3) is 0.929. The molecule has 1 aliphatic carbocycles. The van der Waals surface area contributed by atoms with E-state index >= 15 is 0 Å². The molecule has 0 radical (unpaired) electrons. The predicted octanol–water partition coefficient (Wildman–Crippen LogP) is 3.00. The van der Waals surface area contributed by atoms with Crippen LogP contribution in [0, 0.1) is 11.8 Å². The lowest BCUT2D eigenvalue weighted by Crippen LogP contribution is -2.48. The van der Waals surface area contributed by atoms with Gasteiger partial charge in [0.1, 0.15) is 6.04 Å². The largest absolute Gasteiger partial charge is 0.480 e. The average Bonchev–Trinajstić information content (AvgIpc) is 2.28. The first kappa shape index (κ1) is 14.5. The van der Waals surface area contributed by atoms with Crippen LogP contribution in [0.25, 0.3) is 0 Å². The van der Waals surface area contributed by atoms with Crippen LogP contribution in [-0.4, -0.2) is 35.1 Å². The third-order valence-electron chi connectivity index (χ3n) is 4.29. The molecule has 1 rings (SSSR count). The maximum atomic E-state index is 11.3. The van der Waals surface area contributed by atoms with Gasteiger partial charge in [-0.15, -0.1) is 0 Å². The highest BCUT2D eigenvalue weighted by Gasteiger charge is 2.32. The molecule has 1 fully saturated rings. The molecule has 1 N–H and O–H groups in total. The van der Waals surface area contributed by atoms with E-state index in [-0.39, 0.29) is 12.0 Å². The predicted molar refractivity (Wildman–Crippen MR) is 70.1 cm³/mol. The maximum Gasteiger partial charge on any atom is 0.321 e. The second-order valence-electron chi connectivity index (χ2n) is 5.78. The minimum Gasteiger partial charge on any atom is -0.480 e. The van der Waals surface area contributed by atoms with Gasteiger partial charge >= 0.3 is 5.97 Å². The number of nitrogens with zero attached hydrogens (tertiary/aromatic N) is 1. The Morgan fingerprint density at radius 3 is 2.18 bits per heavy atom. The minimum atomic E-state index is -0.680. The maximum absolute atomic E-state index is 11.3. The fourth-order valence-electron chi connectivity index (χ4n) is 3.12. The van der Waals surface area contributed by atoms with Crippen molar-refractivity contribution >= 4 is 5.97 Å². The van der Waals surface area contributed by atoms with E-state index in [2.05, 4.69) is 11.8 Å². The van der Waals surface area contributed by atoms with E-state index in [4.69, 9.17) is 0 Å². The molecule has 0 bridgehead atoms. The van der Waals surface area contributed by atoms with E-state index in [9.17, 15) is 9.90 Å². The smallest absolute Gasteiger partial charge is 0.321 e. The van der Waals surface area contributed by atoms with Gasteiger partial charge in [0.2, 0.25) is 0 Å². The molecule has 17 heavy (non-hydrogen) atoms. The zero-order valence-electron chi connectivity index (χ0n) is 11.6. The van der Waals surface area contributed by atoms with Crippen molar-refractivity contribution in [2.75, 3.05) is 7.05 Å². The number of aliphatic carboxylic acids is 1. The Hall–Kier alpha value is -0.570. The number of carboxylic acid groups (broad SMARTS) is 1. The summed E-state index contributed by atoms with van der Waals surface area (Å²) in [6, 6.07) is 0.125. The Morgan fingerprint density at radius 2 is 1.82 bits per heavy atom. The lowest BCUT2D eigenvalue weighted by atomic mass is 9.83. The SMILES string of the molecule is CCC1CCC(N(C)C(C(=O)O)C(C)C)CC1. The summed E-state index contributed by atoms with van der Waals surface area (Å²) in [5.41, 5.74) is 0. The van der Waals surface area contributed by atoms with E-state index in [1.165, 1.54) is 19.3 Å². The standard InChI is InChI=1S/C14H27NO2/c1-5-11-6-8-12(9-7-11)15(4)13(10(2)3)14(16)17/h10-13H,5-9H2,1-4H3,(H,16,17). The topological polar surface area (TPSA) is 40.5 Å². The van der Waals surface area contributed by atoms with Crippen molar-refractivity contribution in [3.8, 4) is 0 Å². The van der Waals surface area contributed by atoms with Crippen molar-refractivity contribution in [2.45, 2.75) is 65.0 Å². The van der Waals surface area contributed by atoms with Gasteiger partial charge in [-0.05, 0) is 44.6 Å². The van der Waals surface area contributed by atoms with Gasteiger partial charge in [-0.2, -0.15) is 0 Å². The van der Waals surface area contributed by atoms with Gasteiger partial charge < -0.3 is 5.11 Å². The lowest BCUT2D eigenvalue weighted by Gasteiger charge is -2.38. The highest BCUT2D eigenvalue weighted by molar-refractivity contribution is 5.73. The van der Waals surface area contributed by atoms with E-state index in [0.717, 1.165) is 18.8 Å². The van der Waals surface area contributed by atoms with Crippen LogP contribution in [0.2, 0.25) is 0 Å². The second-order valence-corrected chi connectivity index (χ2v) is 5.78. The molecule has 0 saturated heterocycles. The molecule has 0 aromatic heterocycles. The van der Waals surface area contributed by atoms with E-state index in [1.807, 2.05) is 20.9 Å². The number of rotatable bonds is 5. The van der Waals surface area contributed by atoms with Crippen molar-refractivity contribution in [2.24, 2.45) is 11.8 Å². The Balaban J connectivity index is 2.57. The molecule has 0 aromatic carbocycles. The van der Waals surface area contributed by atoms with Crippen molar-refractivity contribution < 1.29 is 9.90 Å². The van der Waals surface area contributed by atoms with Gasteiger partial charge in [0.25, 0.3) is 0 Å². The molecular formula is C14H27NO2. The van der Waals surface area contributed by atoms with Crippen LogP contribution in [0.5, 0.6) is 0 Å². The molecule has 0 aliphatic heterocycles. The summed E-state index contributed by atoms with van der Waals surface area (Å²) in [4.78, 5) is 13.4. The summed E-state index contributed by atoms with van der Waals surface area (Å²) in [6.07, 6.45) is 6.10. The number of hydrogen-bond acceptors (Lipinski definition) is 2. The third-order valence-corrected chi connectivity index (χ3v) is 4.29. The second kappa shape index (κ2) is 6.39. The number of likely N-dealkylation sites (N-methyl/N-ethyl adjacent to an activating group) is 1. The zero-order valence-corrected chi connectivity index (χ0v) is 11.6. The van der Waals surface area contributed by atoms with Crippen LogP contribution in [-0.2, 0) is 4.79 Å². The van der Waals surface area contributed by atoms with Gasteiger partial charge in [0.15, 0.2) is 0 Å². The Labute approximate surface area is 105 Å². The molecule has 1 unspecified atom stereocenters. The van der Waals surface area contributed by atoms with Gasteiger partial charge in [-0.3, -0.25) is 9.69 Å². The summed E-state index contributed by atoms with van der Waals surface area (Å²) in [5, 5.41) is 9.30. The summed E-state index contributed by atoms with van der Waals surface area (Å²) in [5.74, 6) is 0.350. The van der Waals surface area contributed by atoms with E-state index in [1.54, 1.807) is 0 Å². The number of carbonyl (C=O) groups is 1. The normalized spacial score (nSPS) is 27.4.